The van der Waals surface area contributed by atoms with Crippen LogP contribution in [0.25, 0.3) is 0 Å². The molecule has 2 unspecified atom stereocenters. The van der Waals surface area contributed by atoms with Gasteiger partial charge in [-0.15, -0.1) is 0 Å². The molecule has 1 aromatic carbocycles. The zero-order chi connectivity index (χ0) is 20.1. The zero-order valence-electron chi connectivity index (χ0n) is 18.3. The summed E-state index contributed by atoms with van der Waals surface area (Å²) in [5.41, 5.74) is 2.46. The molecule has 3 aliphatic rings. The summed E-state index contributed by atoms with van der Waals surface area (Å²) in [7, 11) is 1.93. The van der Waals surface area contributed by atoms with Crippen LogP contribution >= 0.6 is 0 Å². The molecule has 0 aromatic heterocycles. The summed E-state index contributed by atoms with van der Waals surface area (Å²) < 4.78 is 0. The Labute approximate surface area is 177 Å². The number of nitrogens with zero attached hydrogens (tertiary/aromatic N) is 3. The monoisotopic (exact) mass is 397 g/mol. The van der Waals surface area contributed by atoms with Crippen LogP contribution in [0, 0.1) is 0 Å². The Morgan fingerprint density at radius 3 is 2.48 bits per heavy atom. The molecular formula is C25H39N3O. The largest absolute Gasteiger partial charge is 0.316 e. The summed E-state index contributed by atoms with van der Waals surface area (Å²) in [5.74, 6) is 0.244. The van der Waals surface area contributed by atoms with Crippen molar-refractivity contribution in [3.05, 3.63) is 29.8 Å². The number of anilines is 1. The highest BCUT2D eigenvalue weighted by Crippen LogP contribution is 2.40. The van der Waals surface area contributed by atoms with Gasteiger partial charge in [-0.05, 0) is 95.2 Å². The Morgan fingerprint density at radius 2 is 1.69 bits per heavy atom. The van der Waals surface area contributed by atoms with Gasteiger partial charge in [0.05, 0.1) is 0 Å². The minimum atomic E-state index is 0.244. The first-order chi connectivity index (χ1) is 14.2. The number of carbonyl (C=O) groups excluding carboxylic acids is 1. The maximum Gasteiger partial charge on any atom is 0.226 e. The van der Waals surface area contributed by atoms with Gasteiger partial charge in [-0.25, -0.2) is 0 Å². The first-order valence-electron chi connectivity index (χ1n) is 12.1. The van der Waals surface area contributed by atoms with Gasteiger partial charge in [-0.1, -0.05) is 25.0 Å². The van der Waals surface area contributed by atoms with Gasteiger partial charge in [0.2, 0.25) is 5.91 Å². The van der Waals surface area contributed by atoms with Gasteiger partial charge in [0.1, 0.15) is 0 Å². The Kier molecular flexibility index (Phi) is 7.25. The number of amides is 1. The molecule has 0 spiro atoms. The second-order valence-corrected chi connectivity index (χ2v) is 9.38. The molecule has 3 fully saturated rings. The van der Waals surface area contributed by atoms with Crippen molar-refractivity contribution in [2.24, 2.45) is 0 Å². The highest BCUT2D eigenvalue weighted by atomic mass is 16.2. The number of benzene rings is 1. The second-order valence-electron chi connectivity index (χ2n) is 9.38. The lowest BCUT2D eigenvalue weighted by Crippen LogP contribution is -2.35. The van der Waals surface area contributed by atoms with Gasteiger partial charge in [-0.3, -0.25) is 9.69 Å². The van der Waals surface area contributed by atoms with E-state index < -0.39 is 0 Å². The van der Waals surface area contributed by atoms with Gasteiger partial charge in [-0.2, -0.15) is 0 Å². The minimum Gasteiger partial charge on any atom is -0.316 e. The lowest BCUT2D eigenvalue weighted by molar-refractivity contribution is -0.118. The van der Waals surface area contributed by atoms with Crippen molar-refractivity contribution in [3.8, 4) is 0 Å². The molecule has 3 saturated heterocycles. The number of fused-ring (bicyclic) bond motifs is 1. The molecule has 3 aliphatic heterocycles. The maximum absolute atomic E-state index is 12.6. The number of likely N-dealkylation sites (tertiary alicyclic amines) is 1. The highest BCUT2D eigenvalue weighted by molar-refractivity contribution is 5.92. The lowest BCUT2D eigenvalue weighted by atomic mass is 10.0. The van der Waals surface area contributed by atoms with E-state index in [-0.39, 0.29) is 5.91 Å². The van der Waals surface area contributed by atoms with Crippen molar-refractivity contribution in [1.29, 1.82) is 0 Å². The average Bonchev–Trinajstić information content (AvgIpc) is 3.21. The third-order valence-corrected chi connectivity index (χ3v) is 7.45. The number of hydrogen-bond acceptors (Lipinski definition) is 3. The Balaban J connectivity index is 1.24. The lowest BCUT2D eigenvalue weighted by Gasteiger charge is -2.34. The van der Waals surface area contributed by atoms with Gasteiger partial charge in [0.15, 0.2) is 0 Å². The number of piperidine rings is 2. The average molecular weight is 398 g/mol. The third kappa shape index (κ3) is 5.21. The van der Waals surface area contributed by atoms with Crippen molar-refractivity contribution in [1.82, 2.24) is 9.80 Å². The minimum absolute atomic E-state index is 0.244. The van der Waals surface area contributed by atoms with Crippen LogP contribution in [0.5, 0.6) is 0 Å². The molecule has 2 atom stereocenters. The predicted molar refractivity (Wildman–Crippen MR) is 120 cm³/mol. The SMILES string of the molecule is CN(C(=O)CCCCN1CCCCC1)c1ccc(C2CCC3CCCCN32)cc1. The molecule has 0 saturated carbocycles. The summed E-state index contributed by atoms with van der Waals surface area (Å²) >= 11 is 0. The van der Waals surface area contributed by atoms with E-state index in [2.05, 4.69) is 34.1 Å². The molecule has 4 heteroatoms. The van der Waals surface area contributed by atoms with Crippen LogP contribution in [-0.4, -0.2) is 55.0 Å². The van der Waals surface area contributed by atoms with Crippen LogP contribution in [-0.2, 0) is 4.79 Å². The van der Waals surface area contributed by atoms with Crippen LogP contribution in [0.15, 0.2) is 24.3 Å². The normalized spacial score (nSPS) is 25.7. The molecule has 1 aromatic rings. The first-order valence-corrected chi connectivity index (χ1v) is 12.1. The number of unbranched alkanes of at least 4 members (excludes halogenated alkanes) is 1. The summed E-state index contributed by atoms with van der Waals surface area (Å²) in [5, 5.41) is 0. The highest BCUT2D eigenvalue weighted by Gasteiger charge is 2.35. The second kappa shape index (κ2) is 10.1. The van der Waals surface area contributed by atoms with E-state index in [1.165, 1.54) is 76.6 Å². The van der Waals surface area contributed by atoms with Gasteiger partial charge in [0.25, 0.3) is 0 Å². The number of carbonyl (C=O) groups is 1. The molecule has 0 radical (unpaired) electrons. The molecule has 0 aliphatic carbocycles. The molecule has 0 bridgehead atoms. The van der Waals surface area contributed by atoms with E-state index in [1.807, 2.05) is 11.9 Å². The molecule has 1 amide bonds. The molecule has 3 heterocycles. The molecule has 160 valence electrons. The fraction of sp³-hybridized carbons (Fsp3) is 0.720. The van der Waals surface area contributed by atoms with Crippen LogP contribution in [0.4, 0.5) is 5.69 Å². The summed E-state index contributed by atoms with van der Waals surface area (Å²) in [4.78, 5) is 19.8. The van der Waals surface area contributed by atoms with Gasteiger partial charge < -0.3 is 9.80 Å². The van der Waals surface area contributed by atoms with E-state index in [4.69, 9.17) is 0 Å². The Bertz CT molecular complexity index is 653. The molecular weight excluding hydrogens is 358 g/mol. The summed E-state index contributed by atoms with van der Waals surface area (Å²) in [6, 6.07) is 10.2. The molecule has 29 heavy (non-hydrogen) atoms. The van der Waals surface area contributed by atoms with Crippen LogP contribution < -0.4 is 4.90 Å². The fourth-order valence-corrected chi connectivity index (χ4v) is 5.64. The third-order valence-electron chi connectivity index (χ3n) is 7.45. The fourth-order valence-electron chi connectivity index (χ4n) is 5.64. The Hall–Kier alpha value is -1.39. The summed E-state index contributed by atoms with van der Waals surface area (Å²) in [6.07, 6.45) is 13.6. The van der Waals surface area contributed by atoms with Crippen molar-refractivity contribution >= 4 is 11.6 Å². The molecule has 4 nitrogen and oxygen atoms in total. The van der Waals surface area contributed by atoms with Crippen LogP contribution in [0.1, 0.15) is 82.2 Å². The van der Waals surface area contributed by atoms with Gasteiger partial charge >= 0.3 is 0 Å². The zero-order valence-corrected chi connectivity index (χ0v) is 18.3. The van der Waals surface area contributed by atoms with Crippen LogP contribution in [0.2, 0.25) is 0 Å². The van der Waals surface area contributed by atoms with E-state index in [9.17, 15) is 4.79 Å². The smallest absolute Gasteiger partial charge is 0.226 e. The van der Waals surface area contributed by atoms with E-state index in [0.29, 0.717) is 12.5 Å². The number of rotatable bonds is 7. The van der Waals surface area contributed by atoms with E-state index >= 15 is 0 Å². The van der Waals surface area contributed by atoms with E-state index in [1.54, 1.807) is 0 Å². The Morgan fingerprint density at radius 1 is 0.931 bits per heavy atom. The summed E-state index contributed by atoms with van der Waals surface area (Å²) in [6.45, 7) is 4.91. The topological polar surface area (TPSA) is 26.8 Å². The standard InChI is InChI=1S/C25H39N3O/c1-26(25(29)10-4-7-19-27-17-5-2-6-18-27)22-13-11-21(12-14-22)24-16-15-23-9-3-8-20-28(23)24/h11-14,23-24H,2-10,15-20H2,1H3. The van der Waals surface area contributed by atoms with Crippen molar-refractivity contribution in [2.45, 2.75) is 82.7 Å². The first kappa shape index (κ1) is 20.9. The van der Waals surface area contributed by atoms with Crippen molar-refractivity contribution < 1.29 is 4.79 Å². The number of hydrogen-bond donors (Lipinski definition) is 0. The van der Waals surface area contributed by atoms with Crippen molar-refractivity contribution in [3.63, 3.8) is 0 Å². The predicted octanol–water partition coefficient (Wildman–Crippen LogP) is 5.00. The molecule has 0 N–H and O–H groups in total. The van der Waals surface area contributed by atoms with Crippen LogP contribution in [0.3, 0.4) is 0 Å². The van der Waals surface area contributed by atoms with E-state index in [0.717, 1.165) is 31.1 Å². The maximum atomic E-state index is 12.6. The van der Waals surface area contributed by atoms with Gasteiger partial charge in [0, 0.05) is 31.2 Å². The molecule has 4 rings (SSSR count). The quantitative estimate of drug-likeness (QED) is 0.606. The van der Waals surface area contributed by atoms with Crippen molar-refractivity contribution in [2.75, 3.05) is 38.1 Å².